The monoisotopic (exact) mass is 350 g/mol. The molecule has 0 aliphatic carbocycles. The Morgan fingerprint density at radius 2 is 1.81 bits per heavy atom. The van der Waals surface area contributed by atoms with Gasteiger partial charge in [-0.05, 0) is 53.5 Å². The molecule has 2 rings (SSSR count). The number of hydrogen-bond acceptors (Lipinski definition) is 5. The molecule has 0 spiro atoms. The van der Waals surface area contributed by atoms with E-state index in [9.17, 15) is 0 Å². The number of benzene rings is 1. The Kier molecular flexibility index (Phi) is 5.80. The van der Waals surface area contributed by atoms with Crippen molar-refractivity contribution in [3.63, 3.8) is 0 Å². The van der Waals surface area contributed by atoms with E-state index in [4.69, 9.17) is 4.74 Å². The third-order valence-corrected chi connectivity index (χ3v) is 3.51. The van der Waals surface area contributed by atoms with Crippen LogP contribution in [-0.2, 0) is 0 Å². The molecule has 0 radical (unpaired) electrons. The van der Waals surface area contributed by atoms with E-state index in [1.165, 1.54) is 0 Å². The maximum atomic E-state index is 5.43. The van der Waals surface area contributed by atoms with Gasteiger partial charge < -0.3 is 15.4 Å². The smallest absolute Gasteiger partial charge is 0.150 e. The Hall–Kier alpha value is -1.82. The van der Waals surface area contributed by atoms with Crippen LogP contribution in [0.1, 0.15) is 20.3 Å². The van der Waals surface area contributed by atoms with Gasteiger partial charge in [-0.25, -0.2) is 9.97 Å². The Morgan fingerprint density at radius 3 is 2.48 bits per heavy atom. The largest absolute Gasteiger partial charge is 0.494 e. The highest BCUT2D eigenvalue weighted by Gasteiger charge is 2.08. The van der Waals surface area contributed by atoms with Crippen molar-refractivity contribution >= 4 is 33.3 Å². The number of rotatable bonds is 7. The first-order valence-corrected chi connectivity index (χ1v) is 7.78. The summed E-state index contributed by atoms with van der Waals surface area (Å²) in [5, 5.41) is 6.52. The van der Waals surface area contributed by atoms with Crippen molar-refractivity contribution in [2.24, 2.45) is 0 Å². The van der Waals surface area contributed by atoms with E-state index in [0.29, 0.717) is 6.61 Å². The van der Waals surface area contributed by atoms with Gasteiger partial charge in [-0.1, -0.05) is 6.92 Å². The number of anilines is 3. The van der Waals surface area contributed by atoms with Crippen LogP contribution in [0.25, 0.3) is 0 Å². The molecule has 6 heteroatoms. The van der Waals surface area contributed by atoms with E-state index >= 15 is 0 Å². The summed E-state index contributed by atoms with van der Waals surface area (Å²) in [6.45, 7) is 5.62. The number of nitrogens with one attached hydrogen (secondary N) is 2. The fraction of sp³-hybridized carbons (Fsp3) is 0.333. The molecule has 0 saturated carbocycles. The highest BCUT2D eigenvalue weighted by Crippen LogP contribution is 2.29. The third kappa shape index (κ3) is 4.32. The van der Waals surface area contributed by atoms with Gasteiger partial charge in [0.05, 0.1) is 6.61 Å². The first-order chi connectivity index (χ1) is 10.2. The maximum absolute atomic E-state index is 5.43. The third-order valence-electron chi connectivity index (χ3n) is 2.76. The molecule has 0 bridgehead atoms. The van der Waals surface area contributed by atoms with Gasteiger partial charge in [0, 0.05) is 12.2 Å². The molecule has 0 unspecified atom stereocenters. The fourth-order valence-electron chi connectivity index (χ4n) is 1.76. The summed E-state index contributed by atoms with van der Waals surface area (Å²) in [6.07, 6.45) is 2.58. The molecule has 2 N–H and O–H groups in total. The lowest BCUT2D eigenvalue weighted by molar-refractivity contribution is 0.340. The van der Waals surface area contributed by atoms with Gasteiger partial charge in [-0.2, -0.15) is 0 Å². The number of halogens is 1. The summed E-state index contributed by atoms with van der Waals surface area (Å²) < 4.78 is 6.25. The lowest BCUT2D eigenvalue weighted by Gasteiger charge is -2.11. The topological polar surface area (TPSA) is 59.1 Å². The van der Waals surface area contributed by atoms with Gasteiger partial charge in [-0.15, -0.1) is 0 Å². The second-order valence-electron chi connectivity index (χ2n) is 4.39. The molecule has 1 aromatic carbocycles. The Labute approximate surface area is 133 Å². The molecule has 0 amide bonds. The van der Waals surface area contributed by atoms with E-state index in [1.54, 1.807) is 6.33 Å². The van der Waals surface area contributed by atoms with E-state index in [-0.39, 0.29) is 0 Å². The van der Waals surface area contributed by atoms with Gasteiger partial charge in [0.15, 0.2) is 0 Å². The molecule has 112 valence electrons. The highest BCUT2D eigenvalue weighted by molar-refractivity contribution is 9.10. The zero-order chi connectivity index (χ0) is 15.1. The van der Waals surface area contributed by atoms with E-state index < -0.39 is 0 Å². The molecule has 1 aromatic heterocycles. The number of hydrogen-bond donors (Lipinski definition) is 2. The zero-order valence-corrected chi connectivity index (χ0v) is 13.8. The van der Waals surface area contributed by atoms with Crippen LogP contribution < -0.4 is 15.4 Å². The molecule has 0 atom stereocenters. The maximum Gasteiger partial charge on any atom is 0.150 e. The first kappa shape index (κ1) is 15.6. The summed E-state index contributed by atoms with van der Waals surface area (Å²) in [5.74, 6) is 2.38. The summed E-state index contributed by atoms with van der Waals surface area (Å²) in [7, 11) is 0. The van der Waals surface area contributed by atoms with E-state index in [2.05, 4.69) is 43.5 Å². The van der Waals surface area contributed by atoms with Crippen LogP contribution in [0.4, 0.5) is 17.3 Å². The number of nitrogens with zero attached hydrogens (tertiary/aromatic N) is 2. The zero-order valence-electron chi connectivity index (χ0n) is 12.2. The molecule has 0 saturated heterocycles. The molecule has 0 fully saturated rings. The van der Waals surface area contributed by atoms with Crippen molar-refractivity contribution < 1.29 is 4.74 Å². The van der Waals surface area contributed by atoms with Gasteiger partial charge in [-0.3, -0.25) is 0 Å². The average molecular weight is 351 g/mol. The van der Waals surface area contributed by atoms with Crippen molar-refractivity contribution in [1.29, 1.82) is 0 Å². The van der Waals surface area contributed by atoms with Crippen LogP contribution in [0.5, 0.6) is 5.75 Å². The molecular formula is C15H19BrN4O. The summed E-state index contributed by atoms with van der Waals surface area (Å²) in [5.41, 5.74) is 0.944. The predicted molar refractivity (Wildman–Crippen MR) is 89.4 cm³/mol. The van der Waals surface area contributed by atoms with Crippen LogP contribution in [0.3, 0.4) is 0 Å². The van der Waals surface area contributed by atoms with Crippen molar-refractivity contribution in [1.82, 2.24) is 9.97 Å². The summed E-state index contributed by atoms with van der Waals surface area (Å²) in [6, 6.07) is 7.77. The van der Waals surface area contributed by atoms with Gasteiger partial charge in [0.1, 0.15) is 28.2 Å². The lowest BCUT2D eigenvalue weighted by atomic mass is 10.3. The molecule has 1 heterocycles. The van der Waals surface area contributed by atoms with Crippen molar-refractivity contribution in [3.05, 3.63) is 35.1 Å². The second-order valence-corrected chi connectivity index (χ2v) is 5.19. The Bertz CT molecular complexity index is 574. The van der Waals surface area contributed by atoms with E-state index in [0.717, 1.165) is 40.5 Å². The first-order valence-electron chi connectivity index (χ1n) is 6.98. The molecule has 21 heavy (non-hydrogen) atoms. The molecular weight excluding hydrogens is 332 g/mol. The summed E-state index contributed by atoms with van der Waals surface area (Å²) >= 11 is 3.53. The Balaban J connectivity index is 2.11. The average Bonchev–Trinajstić information content (AvgIpc) is 2.50. The molecule has 2 aromatic rings. The van der Waals surface area contributed by atoms with Gasteiger partial charge >= 0.3 is 0 Å². The van der Waals surface area contributed by atoms with Crippen LogP contribution in [0, 0.1) is 0 Å². The van der Waals surface area contributed by atoms with E-state index in [1.807, 2.05) is 31.2 Å². The minimum absolute atomic E-state index is 0.663. The van der Waals surface area contributed by atoms with Crippen LogP contribution >= 0.6 is 15.9 Å². The van der Waals surface area contributed by atoms with Crippen LogP contribution in [-0.4, -0.2) is 23.1 Å². The fourth-order valence-corrected chi connectivity index (χ4v) is 2.21. The lowest BCUT2D eigenvalue weighted by Crippen LogP contribution is -2.05. The summed E-state index contributed by atoms with van der Waals surface area (Å²) in [4.78, 5) is 8.49. The molecule has 0 aliphatic heterocycles. The van der Waals surface area contributed by atoms with Crippen molar-refractivity contribution in [2.45, 2.75) is 20.3 Å². The minimum atomic E-state index is 0.663. The van der Waals surface area contributed by atoms with Gasteiger partial charge in [0.2, 0.25) is 0 Å². The van der Waals surface area contributed by atoms with Gasteiger partial charge in [0.25, 0.3) is 0 Å². The molecule has 5 nitrogen and oxygen atoms in total. The van der Waals surface area contributed by atoms with Crippen molar-refractivity contribution in [2.75, 3.05) is 23.8 Å². The van der Waals surface area contributed by atoms with Crippen LogP contribution in [0.15, 0.2) is 35.1 Å². The second kappa shape index (κ2) is 7.83. The normalized spacial score (nSPS) is 10.2. The quantitative estimate of drug-likeness (QED) is 0.783. The number of aromatic nitrogens is 2. The SMILES string of the molecule is CCCNc1ncnc(Nc2ccc(OCC)cc2)c1Br. The minimum Gasteiger partial charge on any atom is -0.494 e. The van der Waals surface area contributed by atoms with Crippen molar-refractivity contribution in [3.8, 4) is 5.75 Å². The Morgan fingerprint density at radius 1 is 1.10 bits per heavy atom. The van der Waals surface area contributed by atoms with Crippen LogP contribution in [0.2, 0.25) is 0 Å². The standard InChI is InChI=1S/C15H19BrN4O/c1-3-9-17-14-13(16)15(19-10-18-14)20-11-5-7-12(8-6-11)21-4-2/h5-8,10H,3-4,9H2,1-2H3,(H2,17,18,19,20). The number of ether oxygens (including phenoxy) is 1. The predicted octanol–water partition coefficient (Wildman–Crippen LogP) is 4.20. The highest BCUT2D eigenvalue weighted by atomic mass is 79.9. The molecule has 0 aliphatic rings.